The van der Waals surface area contributed by atoms with E-state index in [0.717, 1.165) is 10.3 Å². The van der Waals surface area contributed by atoms with Gasteiger partial charge in [0.2, 0.25) is 11.4 Å². The number of ether oxygens (including phenoxy) is 1. The van der Waals surface area contributed by atoms with Crippen LogP contribution in [0.25, 0.3) is 0 Å². The lowest BCUT2D eigenvalue weighted by Crippen LogP contribution is -2.29. The van der Waals surface area contributed by atoms with Crippen LogP contribution in [0.5, 0.6) is 5.75 Å². The Balaban J connectivity index is 2.17. The molecule has 0 saturated heterocycles. The molecule has 17 heavy (non-hydrogen) atoms. The number of pyridine rings is 1. The molecule has 0 aliphatic heterocycles. The SMILES string of the molecule is Cc1c(OCc2ccccc2)c(Cl)cc[n+]1[O-]. The van der Waals surface area contributed by atoms with Crippen LogP contribution in [0, 0.1) is 12.1 Å². The molecule has 2 aromatic rings. The van der Waals surface area contributed by atoms with E-state index in [1.807, 2.05) is 30.3 Å². The van der Waals surface area contributed by atoms with E-state index in [2.05, 4.69) is 0 Å². The summed E-state index contributed by atoms with van der Waals surface area (Å²) in [5.41, 5.74) is 1.50. The molecule has 1 aromatic carbocycles. The monoisotopic (exact) mass is 249 g/mol. The van der Waals surface area contributed by atoms with Gasteiger partial charge >= 0.3 is 0 Å². The zero-order valence-electron chi connectivity index (χ0n) is 9.39. The molecule has 0 atom stereocenters. The van der Waals surface area contributed by atoms with Crippen LogP contribution < -0.4 is 9.47 Å². The molecule has 0 aliphatic carbocycles. The molecule has 0 radical (unpaired) electrons. The van der Waals surface area contributed by atoms with Crippen molar-refractivity contribution in [1.82, 2.24) is 0 Å². The zero-order chi connectivity index (χ0) is 12.3. The van der Waals surface area contributed by atoms with E-state index in [1.54, 1.807) is 6.92 Å². The summed E-state index contributed by atoms with van der Waals surface area (Å²) in [5.74, 6) is 0.438. The summed E-state index contributed by atoms with van der Waals surface area (Å²) in [6.07, 6.45) is 1.37. The Kier molecular flexibility index (Phi) is 3.49. The largest absolute Gasteiger partial charge is 0.618 e. The fourth-order valence-electron chi connectivity index (χ4n) is 1.50. The highest BCUT2D eigenvalue weighted by atomic mass is 35.5. The second-order valence-electron chi connectivity index (χ2n) is 3.68. The molecular formula is C13H12ClNO2. The minimum absolute atomic E-state index is 0.394. The molecule has 0 fully saturated rings. The maximum atomic E-state index is 11.4. The summed E-state index contributed by atoms with van der Waals surface area (Å²) in [7, 11) is 0. The maximum absolute atomic E-state index is 11.4. The molecule has 0 unspecified atom stereocenters. The summed E-state index contributed by atoms with van der Waals surface area (Å²) in [6, 6.07) is 11.3. The number of rotatable bonds is 3. The van der Waals surface area contributed by atoms with Crippen LogP contribution in [0.2, 0.25) is 5.02 Å². The van der Waals surface area contributed by atoms with Gasteiger partial charge in [0.25, 0.3) is 0 Å². The quantitative estimate of drug-likeness (QED) is 0.620. The highest BCUT2D eigenvalue weighted by Crippen LogP contribution is 2.26. The first-order valence-corrected chi connectivity index (χ1v) is 5.61. The lowest BCUT2D eigenvalue weighted by Gasteiger charge is -2.10. The van der Waals surface area contributed by atoms with E-state index in [1.165, 1.54) is 12.3 Å². The Morgan fingerprint density at radius 2 is 1.94 bits per heavy atom. The van der Waals surface area contributed by atoms with E-state index in [4.69, 9.17) is 16.3 Å². The Hall–Kier alpha value is -1.74. The highest BCUT2D eigenvalue weighted by Gasteiger charge is 2.13. The predicted molar refractivity (Wildman–Crippen MR) is 65.9 cm³/mol. The van der Waals surface area contributed by atoms with Crippen molar-refractivity contribution in [1.29, 1.82) is 0 Å². The third-order valence-corrected chi connectivity index (χ3v) is 2.76. The molecule has 4 heteroatoms. The van der Waals surface area contributed by atoms with Crippen molar-refractivity contribution in [3.05, 3.63) is 64.1 Å². The molecule has 1 heterocycles. The first-order chi connectivity index (χ1) is 8.18. The molecule has 2 rings (SSSR count). The number of halogens is 1. The molecule has 0 spiro atoms. The van der Waals surface area contributed by atoms with E-state index in [0.29, 0.717) is 23.1 Å². The van der Waals surface area contributed by atoms with Crippen molar-refractivity contribution in [2.45, 2.75) is 13.5 Å². The smallest absolute Gasteiger partial charge is 0.233 e. The summed E-state index contributed by atoms with van der Waals surface area (Å²) in [4.78, 5) is 0. The van der Waals surface area contributed by atoms with Crippen LogP contribution in [0.15, 0.2) is 42.6 Å². The third kappa shape index (κ3) is 2.68. The van der Waals surface area contributed by atoms with Crippen molar-refractivity contribution >= 4 is 11.6 Å². The van der Waals surface area contributed by atoms with E-state index in [-0.39, 0.29) is 0 Å². The topological polar surface area (TPSA) is 36.2 Å². The number of aromatic nitrogens is 1. The van der Waals surface area contributed by atoms with Crippen LogP contribution in [-0.4, -0.2) is 0 Å². The van der Waals surface area contributed by atoms with Gasteiger partial charge in [0, 0.05) is 13.0 Å². The van der Waals surface area contributed by atoms with E-state index in [9.17, 15) is 5.21 Å². The van der Waals surface area contributed by atoms with Gasteiger partial charge in [0.05, 0.1) is 5.02 Å². The first-order valence-electron chi connectivity index (χ1n) is 5.23. The van der Waals surface area contributed by atoms with Gasteiger partial charge < -0.3 is 9.94 Å². The lowest BCUT2D eigenvalue weighted by atomic mass is 10.2. The summed E-state index contributed by atoms with van der Waals surface area (Å²) >= 11 is 5.99. The van der Waals surface area contributed by atoms with Gasteiger partial charge in [-0.05, 0) is 5.56 Å². The number of nitrogens with zero attached hydrogens (tertiary/aromatic N) is 1. The van der Waals surface area contributed by atoms with Crippen LogP contribution >= 0.6 is 11.6 Å². The first kappa shape index (κ1) is 11.7. The van der Waals surface area contributed by atoms with Crippen LogP contribution in [-0.2, 0) is 6.61 Å². The van der Waals surface area contributed by atoms with Gasteiger partial charge in [-0.2, -0.15) is 4.73 Å². The predicted octanol–water partition coefficient (Wildman–Crippen LogP) is 2.86. The van der Waals surface area contributed by atoms with Gasteiger partial charge in [0.15, 0.2) is 6.20 Å². The maximum Gasteiger partial charge on any atom is 0.233 e. The Morgan fingerprint density at radius 3 is 2.65 bits per heavy atom. The Bertz CT molecular complexity index is 514. The van der Waals surface area contributed by atoms with Crippen LogP contribution in [0.4, 0.5) is 0 Å². The molecule has 0 bridgehead atoms. The van der Waals surface area contributed by atoms with Crippen molar-refractivity contribution in [2.24, 2.45) is 0 Å². The molecule has 1 aromatic heterocycles. The summed E-state index contributed by atoms with van der Waals surface area (Å²) < 4.78 is 6.32. The van der Waals surface area contributed by atoms with Gasteiger partial charge in [0.1, 0.15) is 6.61 Å². The van der Waals surface area contributed by atoms with E-state index < -0.39 is 0 Å². The van der Waals surface area contributed by atoms with Crippen molar-refractivity contribution < 1.29 is 9.47 Å². The van der Waals surface area contributed by atoms with Crippen LogP contribution in [0.1, 0.15) is 11.3 Å². The van der Waals surface area contributed by atoms with Gasteiger partial charge in [-0.15, -0.1) is 0 Å². The second-order valence-corrected chi connectivity index (χ2v) is 4.09. The summed E-state index contributed by atoms with van der Waals surface area (Å²) in [6.45, 7) is 2.07. The number of benzene rings is 1. The lowest BCUT2D eigenvalue weighted by molar-refractivity contribution is -0.612. The fraction of sp³-hybridized carbons (Fsp3) is 0.154. The number of hydrogen-bond donors (Lipinski definition) is 0. The molecule has 0 N–H and O–H groups in total. The molecule has 0 aliphatic rings. The van der Waals surface area contributed by atoms with Gasteiger partial charge in [-0.25, -0.2) is 0 Å². The van der Waals surface area contributed by atoms with Crippen molar-refractivity contribution in [3.63, 3.8) is 0 Å². The van der Waals surface area contributed by atoms with Crippen molar-refractivity contribution in [3.8, 4) is 5.75 Å². The fourth-order valence-corrected chi connectivity index (χ4v) is 1.74. The second kappa shape index (κ2) is 5.06. The Labute approximate surface area is 105 Å². The minimum atomic E-state index is 0.394. The van der Waals surface area contributed by atoms with Crippen molar-refractivity contribution in [2.75, 3.05) is 0 Å². The zero-order valence-corrected chi connectivity index (χ0v) is 10.1. The Morgan fingerprint density at radius 1 is 1.24 bits per heavy atom. The molecule has 3 nitrogen and oxygen atoms in total. The van der Waals surface area contributed by atoms with Crippen LogP contribution in [0.3, 0.4) is 0 Å². The molecule has 0 saturated carbocycles. The third-order valence-electron chi connectivity index (χ3n) is 2.46. The number of hydrogen-bond acceptors (Lipinski definition) is 2. The normalized spacial score (nSPS) is 10.2. The molecular weight excluding hydrogens is 238 g/mol. The van der Waals surface area contributed by atoms with E-state index >= 15 is 0 Å². The highest BCUT2D eigenvalue weighted by molar-refractivity contribution is 6.32. The van der Waals surface area contributed by atoms with Gasteiger partial charge in [-0.3, -0.25) is 0 Å². The minimum Gasteiger partial charge on any atom is -0.618 e. The standard InChI is InChI=1S/C13H12ClNO2/c1-10-13(12(14)7-8-15(10)16)17-9-11-5-3-2-4-6-11/h2-8H,9H2,1H3. The average molecular weight is 250 g/mol. The molecule has 0 amide bonds. The average Bonchev–Trinajstić information content (AvgIpc) is 2.35. The summed E-state index contributed by atoms with van der Waals surface area (Å²) in [5, 5.41) is 11.8. The van der Waals surface area contributed by atoms with Gasteiger partial charge in [-0.1, -0.05) is 41.9 Å². The molecule has 88 valence electrons.